The summed E-state index contributed by atoms with van der Waals surface area (Å²) in [5, 5.41) is 0.0799. The number of hydrogen-bond donors (Lipinski definition) is 2. The van der Waals surface area contributed by atoms with E-state index in [-0.39, 0.29) is 17.6 Å². The number of aromatic nitrogens is 2. The van der Waals surface area contributed by atoms with Crippen molar-refractivity contribution in [3.63, 3.8) is 0 Å². The third kappa shape index (κ3) is 3.72. The van der Waals surface area contributed by atoms with Crippen LogP contribution in [0.25, 0.3) is 0 Å². The highest BCUT2D eigenvalue weighted by molar-refractivity contribution is 7.89. The molecule has 1 atom stereocenters. The third-order valence-electron chi connectivity index (χ3n) is 3.19. The van der Waals surface area contributed by atoms with Crippen molar-refractivity contribution in [2.75, 3.05) is 20.6 Å². The van der Waals surface area contributed by atoms with E-state index in [1.807, 2.05) is 32.0 Å². The van der Waals surface area contributed by atoms with Gasteiger partial charge in [0.15, 0.2) is 5.03 Å². The fraction of sp³-hybridized carbons (Fsp3) is 0.462. The molecule has 116 valence electrons. The van der Waals surface area contributed by atoms with Crippen molar-refractivity contribution in [3.8, 4) is 0 Å². The molecular formula is C13H20N4O3S. The number of aryl methyl sites for hydroxylation is 1. The van der Waals surface area contributed by atoms with Gasteiger partial charge in [0.2, 0.25) is 0 Å². The van der Waals surface area contributed by atoms with E-state index in [2.05, 4.69) is 14.7 Å². The van der Waals surface area contributed by atoms with Crippen LogP contribution < -0.4 is 4.72 Å². The lowest BCUT2D eigenvalue weighted by atomic mass is 10.2. The number of H-pyrrole nitrogens is 1. The summed E-state index contributed by atoms with van der Waals surface area (Å²) in [6.07, 6.45) is 3.56. The molecule has 0 aliphatic rings. The van der Waals surface area contributed by atoms with Crippen LogP contribution in [0.2, 0.25) is 0 Å². The van der Waals surface area contributed by atoms with Crippen molar-refractivity contribution in [2.45, 2.75) is 24.4 Å². The highest BCUT2D eigenvalue weighted by atomic mass is 32.2. The smallest absolute Gasteiger partial charge is 0.257 e. The van der Waals surface area contributed by atoms with Gasteiger partial charge in [-0.05, 0) is 26.2 Å². The second-order valence-electron chi connectivity index (χ2n) is 4.89. The van der Waals surface area contributed by atoms with Crippen molar-refractivity contribution in [3.05, 3.63) is 36.2 Å². The largest absolute Gasteiger partial charge is 0.468 e. The Bertz CT molecular complexity index is 661. The minimum absolute atomic E-state index is 0.0799. The van der Waals surface area contributed by atoms with Crippen LogP contribution in [-0.4, -0.2) is 43.9 Å². The van der Waals surface area contributed by atoms with E-state index < -0.39 is 10.0 Å². The number of hydrogen-bond acceptors (Lipinski definition) is 5. The Hall–Kier alpha value is -1.64. The average molecular weight is 312 g/mol. The number of aromatic amines is 1. The van der Waals surface area contributed by atoms with Crippen LogP contribution in [-0.2, 0) is 16.4 Å². The van der Waals surface area contributed by atoms with Crippen molar-refractivity contribution >= 4 is 10.0 Å². The van der Waals surface area contributed by atoms with Crippen LogP contribution >= 0.6 is 0 Å². The van der Waals surface area contributed by atoms with E-state index in [0.717, 1.165) is 0 Å². The van der Waals surface area contributed by atoms with Gasteiger partial charge in [-0.2, -0.15) is 0 Å². The van der Waals surface area contributed by atoms with Gasteiger partial charge < -0.3 is 9.40 Å². The average Bonchev–Trinajstić information content (AvgIpc) is 3.09. The predicted octanol–water partition coefficient (Wildman–Crippen LogP) is 1.15. The van der Waals surface area contributed by atoms with Crippen molar-refractivity contribution in [1.29, 1.82) is 0 Å². The first-order valence-corrected chi connectivity index (χ1v) is 8.15. The van der Waals surface area contributed by atoms with Gasteiger partial charge in [0.05, 0.1) is 18.5 Å². The standard InChI is InChI=1S/C13H20N4O3S/c1-4-12-14-9-13(16-12)21(18,19)15-8-10(17(2)3)11-6-5-7-20-11/h5-7,9-10,15H,4,8H2,1-3H3,(H,14,16). The van der Waals surface area contributed by atoms with E-state index in [4.69, 9.17) is 4.42 Å². The molecule has 2 N–H and O–H groups in total. The van der Waals surface area contributed by atoms with Crippen molar-refractivity contribution < 1.29 is 12.8 Å². The van der Waals surface area contributed by atoms with Crippen LogP contribution in [0.4, 0.5) is 0 Å². The molecule has 8 heteroatoms. The van der Waals surface area contributed by atoms with Gasteiger partial charge in [0, 0.05) is 13.0 Å². The minimum Gasteiger partial charge on any atom is -0.468 e. The molecule has 2 heterocycles. The Kier molecular flexibility index (Phi) is 4.81. The molecule has 0 radical (unpaired) electrons. The lowest BCUT2D eigenvalue weighted by Gasteiger charge is -2.22. The molecule has 0 aromatic carbocycles. The molecule has 2 aromatic heterocycles. The maximum atomic E-state index is 12.2. The molecule has 2 aromatic rings. The fourth-order valence-electron chi connectivity index (χ4n) is 1.94. The van der Waals surface area contributed by atoms with Gasteiger partial charge in [-0.25, -0.2) is 18.1 Å². The number of likely N-dealkylation sites (N-methyl/N-ethyl adjacent to an activating group) is 1. The molecule has 0 aliphatic heterocycles. The van der Waals surface area contributed by atoms with Crippen molar-refractivity contribution in [1.82, 2.24) is 19.6 Å². The summed E-state index contributed by atoms with van der Waals surface area (Å²) in [5.74, 6) is 1.35. The number of imidazole rings is 1. The first-order chi connectivity index (χ1) is 9.94. The first kappa shape index (κ1) is 15.7. The van der Waals surface area contributed by atoms with Gasteiger partial charge in [-0.3, -0.25) is 4.90 Å². The Morgan fingerprint density at radius 1 is 1.48 bits per heavy atom. The summed E-state index contributed by atoms with van der Waals surface area (Å²) in [4.78, 5) is 8.70. The van der Waals surface area contributed by atoms with Crippen LogP contribution in [0.15, 0.2) is 34.0 Å². The number of nitrogens with one attached hydrogen (secondary N) is 2. The quantitative estimate of drug-likeness (QED) is 0.800. The number of rotatable bonds is 7. The van der Waals surface area contributed by atoms with Gasteiger partial charge >= 0.3 is 0 Å². The Morgan fingerprint density at radius 2 is 2.24 bits per heavy atom. The summed E-state index contributed by atoms with van der Waals surface area (Å²) in [5.41, 5.74) is 0. The van der Waals surface area contributed by atoms with Gasteiger partial charge in [-0.15, -0.1) is 0 Å². The minimum atomic E-state index is -3.61. The first-order valence-electron chi connectivity index (χ1n) is 6.67. The van der Waals surface area contributed by atoms with Crippen LogP contribution in [0.3, 0.4) is 0 Å². The molecule has 0 saturated carbocycles. The van der Waals surface area contributed by atoms with E-state index in [1.165, 1.54) is 6.20 Å². The molecule has 7 nitrogen and oxygen atoms in total. The monoisotopic (exact) mass is 312 g/mol. The van der Waals surface area contributed by atoms with Gasteiger partial charge in [0.25, 0.3) is 10.0 Å². The van der Waals surface area contributed by atoms with Crippen LogP contribution in [0, 0.1) is 0 Å². The van der Waals surface area contributed by atoms with E-state index in [0.29, 0.717) is 18.0 Å². The zero-order valence-electron chi connectivity index (χ0n) is 12.3. The molecule has 2 rings (SSSR count). The predicted molar refractivity (Wildman–Crippen MR) is 78.3 cm³/mol. The number of sulfonamides is 1. The normalized spacial score (nSPS) is 13.7. The summed E-state index contributed by atoms with van der Waals surface area (Å²) in [7, 11) is 0.130. The van der Waals surface area contributed by atoms with Crippen LogP contribution in [0.1, 0.15) is 24.6 Å². The van der Waals surface area contributed by atoms with Crippen LogP contribution in [0.5, 0.6) is 0 Å². The highest BCUT2D eigenvalue weighted by Gasteiger charge is 2.22. The molecule has 0 fully saturated rings. The molecule has 0 bridgehead atoms. The van der Waals surface area contributed by atoms with Gasteiger partial charge in [-0.1, -0.05) is 6.92 Å². The van der Waals surface area contributed by atoms with E-state index in [1.54, 1.807) is 12.3 Å². The molecular weight excluding hydrogens is 292 g/mol. The molecule has 0 saturated heterocycles. The summed E-state index contributed by atoms with van der Waals surface area (Å²) >= 11 is 0. The molecule has 0 aliphatic carbocycles. The Morgan fingerprint density at radius 3 is 2.76 bits per heavy atom. The second-order valence-corrected chi connectivity index (χ2v) is 6.63. The summed E-state index contributed by atoms with van der Waals surface area (Å²) in [6.45, 7) is 2.12. The molecule has 0 amide bonds. The number of furan rings is 1. The second kappa shape index (κ2) is 6.42. The zero-order chi connectivity index (χ0) is 15.5. The maximum Gasteiger partial charge on any atom is 0.257 e. The highest BCUT2D eigenvalue weighted by Crippen LogP contribution is 2.18. The Labute approximate surface area is 124 Å². The molecule has 1 unspecified atom stereocenters. The van der Waals surface area contributed by atoms with Crippen molar-refractivity contribution in [2.24, 2.45) is 0 Å². The Balaban J connectivity index is 2.09. The zero-order valence-corrected chi connectivity index (χ0v) is 13.1. The van der Waals surface area contributed by atoms with E-state index >= 15 is 0 Å². The third-order valence-corrected chi connectivity index (χ3v) is 4.52. The fourth-order valence-corrected chi connectivity index (χ4v) is 2.92. The topological polar surface area (TPSA) is 91.2 Å². The molecule has 0 spiro atoms. The summed E-state index contributed by atoms with van der Waals surface area (Å²) in [6, 6.07) is 3.43. The summed E-state index contributed by atoms with van der Waals surface area (Å²) < 4.78 is 32.4. The van der Waals surface area contributed by atoms with Gasteiger partial charge in [0.1, 0.15) is 11.6 Å². The van der Waals surface area contributed by atoms with E-state index in [9.17, 15) is 8.42 Å². The molecule has 21 heavy (non-hydrogen) atoms. The maximum absolute atomic E-state index is 12.2. The SMILES string of the molecule is CCc1ncc(S(=O)(=O)NCC(c2ccco2)N(C)C)[nH]1. The lowest BCUT2D eigenvalue weighted by molar-refractivity contribution is 0.259. The number of nitrogens with zero attached hydrogens (tertiary/aromatic N) is 2. The lowest BCUT2D eigenvalue weighted by Crippen LogP contribution is -2.34.